The summed E-state index contributed by atoms with van der Waals surface area (Å²) in [5, 5.41) is 15.6. The SMILES string of the molecule is CCCCN(CCCC)C(=O)c1cc(C)n(-c2ccc(-c3ccc(OC)c(Cl)c3)cc2C(=O)N2Cc3ccccc3C[C@H]2CO)n1. The molecule has 1 aromatic heterocycles. The van der Waals surface area contributed by atoms with Crippen LogP contribution >= 0.6 is 11.6 Å². The van der Waals surface area contributed by atoms with E-state index >= 15 is 0 Å². The van der Waals surface area contributed by atoms with Crippen molar-refractivity contribution in [3.63, 3.8) is 0 Å². The number of unbranched alkanes of at least 4 members (excludes halogenated alkanes) is 2. The van der Waals surface area contributed by atoms with Gasteiger partial charge in [0.25, 0.3) is 11.8 Å². The molecule has 46 heavy (non-hydrogen) atoms. The number of hydrogen-bond acceptors (Lipinski definition) is 5. The lowest BCUT2D eigenvalue weighted by atomic mass is 9.93. The summed E-state index contributed by atoms with van der Waals surface area (Å²) in [4.78, 5) is 31.9. The lowest BCUT2D eigenvalue weighted by Crippen LogP contribution is -2.46. The van der Waals surface area contributed by atoms with Crippen molar-refractivity contribution in [2.75, 3.05) is 26.8 Å². The van der Waals surface area contributed by atoms with Gasteiger partial charge in [-0.15, -0.1) is 0 Å². The van der Waals surface area contributed by atoms with Crippen LogP contribution in [-0.2, 0) is 13.0 Å². The topological polar surface area (TPSA) is 87.9 Å². The Morgan fingerprint density at radius 3 is 2.30 bits per heavy atom. The fourth-order valence-corrected chi connectivity index (χ4v) is 6.32. The van der Waals surface area contributed by atoms with E-state index in [0.717, 1.165) is 53.6 Å². The fourth-order valence-electron chi connectivity index (χ4n) is 6.06. The molecule has 0 spiro atoms. The molecule has 1 N–H and O–H groups in total. The number of aliphatic hydroxyl groups excluding tert-OH is 1. The molecule has 242 valence electrons. The maximum Gasteiger partial charge on any atom is 0.274 e. The second kappa shape index (κ2) is 15.0. The Kier molecular flexibility index (Phi) is 10.8. The number of carbonyl (C=O) groups excluding carboxylic acids is 2. The normalized spacial score (nSPS) is 14.2. The molecule has 8 nitrogen and oxygen atoms in total. The Hall–Kier alpha value is -4.14. The number of methoxy groups -OCH3 is 1. The summed E-state index contributed by atoms with van der Waals surface area (Å²) in [7, 11) is 1.57. The van der Waals surface area contributed by atoms with Crippen LogP contribution in [0, 0.1) is 6.92 Å². The highest BCUT2D eigenvalue weighted by molar-refractivity contribution is 6.32. The van der Waals surface area contributed by atoms with E-state index in [1.54, 1.807) is 28.8 Å². The molecule has 0 bridgehead atoms. The lowest BCUT2D eigenvalue weighted by molar-refractivity contribution is 0.0544. The summed E-state index contributed by atoms with van der Waals surface area (Å²) in [6.45, 7) is 7.72. The zero-order chi connectivity index (χ0) is 32.8. The molecule has 0 aliphatic carbocycles. The van der Waals surface area contributed by atoms with Gasteiger partial charge in [0.15, 0.2) is 5.69 Å². The van der Waals surface area contributed by atoms with Crippen LogP contribution in [0.5, 0.6) is 5.75 Å². The first-order valence-corrected chi connectivity index (χ1v) is 16.5. The van der Waals surface area contributed by atoms with Crippen LogP contribution < -0.4 is 4.74 Å². The van der Waals surface area contributed by atoms with Crippen LogP contribution in [0.15, 0.2) is 66.7 Å². The average molecular weight is 643 g/mol. The molecule has 2 amide bonds. The number of hydrogen-bond donors (Lipinski definition) is 1. The summed E-state index contributed by atoms with van der Waals surface area (Å²) in [6, 6.07) is 20.6. The average Bonchev–Trinajstić information content (AvgIpc) is 3.47. The van der Waals surface area contributed by atoms with Gasteiger partial charge in [-0.25, -0.2) is 4.68 Å². The van der Waals surface area contributed by atoms with E-state index in [9.17, 15) is 14.7 Å². The third-order valence-corrected chi connectivity index (χ3v) is 9.02. The molecule has 1 aliphatic heterocycles. The number of nitrogens with zero attached hydrogens (tertiary/aromatic N) is 4. The van der Waals surface area contributed by atoms with Crippen molar-refractivity contribution in [1.82, 2.24) is 19.6 Å². The molecule has 0 unspecified atom stereocenters. The number of aryl methyl sites for hydroxylation is 1. The Morgan fingerprint density at radius 1 is 0.978 bits per heavy atom. The second-order valence-electron chi connectivity index (χ2n) is 11.9. The smallest absolute Gasteiger partial charge is 0.274 e. The number of fused-ring (bicyclic) bond motifs is 1. The van der Waals surface area contributed by atoms with Crippen LogP contribution in [0.2, 0.25) is 5.02 Å². The van der Waals surface area contributed by atoms with Gasteiger partial charge in [-0.05, 0) is 78.8 Å². The number of carbonyl (C=O) groups is 2. The van der Waals surface area contributed by atoms with Gasteiger partial charge in [-0.3, -0.25) is 9.59 Å². The molecular formula is C37H43ClN4O4. The molecule has 1 atom stereocenters. The molecule has 0 radical (unpaired) electrons. The van der Waals surface area contributed by atoms with Gasteiger partial charge in [-0.1, -0.05) is 74.7 Å². The monoisotopic (exact) mass is 642 g/mol. The van der Waals surface area contributed by atoms with Crippen molar-refractivity contribution in [2.45, 2.75) is 65.5 Å². The third kappa shape index (κ3) is 6.98. The Bertz CT molecular complexity index is 1690. The molecule has 4 aromatic rings. The van der Waals surface area contributed by atoms with Crippen molar-refractivity contribution in [3.8, 4) is 22.6 Å². The standard InChI is InChI=1S/C37H43ClN4O4/c1-5-7-17-40(18-8-6-2)37(45)33-19-25(3)42(39-33)34-15-13-27(28-14-16-35(46-4)32(38)22-28)21-31(34)36(44)41-23-29-12-10-9-11-26(29)20-30(41)24-43/h9-16,19,21-22,30,43H,5-8,17-18,20,23-24H2,1-4H3/t30-/m0/s1. The molecule has 3 aromatic carbocycles. The van der Waals surface area contributed by atoms with Crippen molar-refractivity contribution < 1.29 is 19.4 Å². The Labute approximate surface area is 276 Å². The molecule has 2 heterocycles. The highest BCUT2D eigenvalue weighted by atomic mass is 35.5. The predicted molar refractivity (Wildman–Crippen MR) is 182 cm³/mol. The minimum atomic E-state index is -0.379. The van der Waals surface area contributed by atoms with Gasteiger partial charge in [0.2, 0.25) is 0 Å². The minimum Gasteiger partial charge on any atom is -0.495 e. The zero-order valence-electron chi connectivity index (χ0n) is 27.1. The van der Waals surface area contributed by atoms with Crippen molar-refractivity contribution >= 4 is 23.4 Å². The van der Waals surface area contributed by atoms with Crippen LogP contribution in [0.1, 0.15) is 77.2 Å². The van der Waals surface area contributed by atoms with Crippen LogP contribution in [0.3, 0.4) is 0 Å². The van der Waals surface area contributed by atoms with Crippen molar-refractivity contribution in [2.24, 2.45) is 0 Å². The van der Waals surface area contributed by atoms with Gasteiger partial charge < -0.3 is 19.6 Å². The van der Waals surface area contributed by atoms with E-state index in [0.29, 0.717) is 53.8 Å². The zero-order valence-corrected chi connectivity index (χ0v) is 27.9. The van der Waals surface area contributed by atoms with Gasteiger partial charge in [0, 0.05) is 25.3 Å². The molecule has 0 saturated heterocycles. The Balaban J connectivity index is 1.59. The first-order chi connectivity index (χ1) is 22.3. The fraction of sp³-hybridized carbons (Fsp3) is 0.378. The molecular weight excluding hydrogens is 600 g/mol. The van der Waals surface area contributed by atoms with Gasteiger partial charge in [-0.2, -0.15) is 5.10 Å². The minimum absolute atomic E-state index is 0.103. The largest absolute Gasteiger partial charge is 0.495 e. The first-order valence-electron chi connectivity index (χ1n) is 16.1. The number of rotatable bonds is 12. The third-order valence-electron chi connectivity index (χ3n) is 8.72. The summed E-state index contributed by atoms with van der Waals surface area (Å²) in [6.07, 6.45) is 4.41. The quantitative estimate of drug-likeness (QED) is 0.178. The highest BCUT2D eigenvalue weighted by Gasteiger charge is 2.32. The van der Waals surface area contributed by atoms with E-state index in [2.05, 4.69) is 19.9 Å². The number of halogens is 1. The van der Waals surface area contributed by atoms with Gasteiger partial charge in [0.1, 0.15) is 5.75 Å². The van der Waals surface area contributed by atoms with Crippen LogP contribution in [0.25, 0.3) is 16.8 Å². The van der Waals surface area contributed by atoms with E-state index in [4.69, 9.17) is 21.4 Å². The number of aromatic nitrogens is 2. The van der Waals surface area contributed by atoms with Crippen LogP contribution in [-0.4, -0.2) is 69.3 Å². The molecule has 0 saturated carbocycles. The predicted octanol–water partition coefficient (Wildman–Crippen LogP) is 7.11. The molecule has 0 fully saturated rings. The summed E-state index contributed by atoms with van der Waals surface area (Å²) in [5.41, 5.74) is 5.89. The maximum absolute atomic E-state index is 14.6. The number of benzene rings is 3. The summed E-state index contributed by atoms with van der Waals surface area (Å²) >= 11 is 6.48. The second-order valence-corrected chi connectivity index (χ2v) is 12.3. The van der Waals surface area contributed by atoms with Crippen LogP contribution in [0.4, 0.5) is 0 Å². The summed E-state index contributed by atoms with van der Waals surface area (Å²) < 4.78 is 7.03. The Morgan fingerprint density at radius 2 is 1.65 bits per heavy atom. The van der Waals surface area contributed by atoms with E-state index in [-0.39, 0.29) is 24.5 Å². The van der Waals surface area contributed by atoms with E-state index in [1.807, 2.05) is 60.4 Å². The number of amides is 2. The molecule has 9 heteroatoms. The van der Waals surface area contributed by atoms with Gasteiger partial charge in [0.05, 0.1) is 36.0 Å². The van der Waals surface area contributed by atoms with E-state index in [1.165, 1.54) is 0 Å². The summed E-state index contributed by atoms with van der Waals surface area (Å²) in [5.74, 6) is 0.238. The van der Waals surface area contributed by atoms with E-state index < -0.39 is 0 Å². The molecule has 5 rings (SSSR count). The number of aliphatic hydroxyl groups is 1. The maximum atomic E-state index is 14.6. The first kappa shape index (κ1) is 33.2. The number of ether oxygens (including phenoxy) is 1. The van der Waals surface area contributed by atoms with Gasteiger partial charge >= 0.3 is 0 Å². The lowest BCUT2D eigenvalue weighted by Gasteiger charge is -2.36. The van der Waals surface area contributed by atoms with Crippen molar-refractivity contribution in [3.05, 3.63) is 99.8 Å². The highest BCUT2D eigenvalue weighted by Crippen LogP contribution is 2.33. The van der Waals surface area contributed by atoms with Crippen molar-refractivity contribution in [1.29, 1.82) is 0 Å². The molecule has 1 aliphatic rings.